The Hall–Kier alpha value is -2.19. The van der Waals surface area contributed by atoms with Gasteiger partial charge in [0, 0.05) is 37.1 Å². The Kier molecular flexibility index (Phi) is 5.43. The molecule has 1 unspecified atom stereocenters. The van der Waals surface area contributed by atoms with E-state index in [-0.39, 0.29) is 11.7 Å². The maximum Gasteiger partial charge on any atom is 0.237 e. The second kappa shape index (κ2) is 7.59. The molecule has 1 N–H and O–H groups in total. The van der Waals surface area contributed by atoms with Crippen molar-refractivity contribution >= 4 is 21.4 Å². The van der Waals surface area contributed by atoms with Crippen molar-refractivity contribution in [2.24, 2.45) is 0 Å². The number of ether oxygens (including phenoxy) is 1. The Bertz CT molecular complexity index is 873. The van der Waals surface area contributed by atoms with Gasteiger partial charge in [-0.15, -0.1) is 0 Å². The summed E-state index contributed by atoms with van der Waals surface area (Å²) in [6, 6.07) is 9.68. The van der Waals surface area contributed by atoms with Gasteiger partial charge in [-0.1, -0.05) is 0 Å². The molecule has 0 amide bonds. The zero-order valence-electron chi connectivity index (χ0n) is 14.3. The molecule has 2 aromatic carbocycles. The molecule has 0 spiro atoms. The monoisotopic (exact) mass is 382 g/mol. The van der Waals surface area contributed by atoms with E-state index in [1.807, 2.05) is 12.1 Å². The summed E-state index contributed by atoms with van der Waals surface area (Å²) in [5.74, 6) is -2.07. The van der Waals surface area contributed by atoms with Crippen molar-refractivity contribution in [3.05, 3.63) is 59.7 Å². The van der Waals surface area contributed by atoms with Crippen molar-refractivity contribution in [2.75, 3.05) is 29.8 Å². The summed E-state index contributed by atoms with van der Waals surface area (Å²) in [5, 5.41) is 0. The summed E-state index contributed by atoms with van der Waals surface area (Å²) < 4.78 is 59.0. The molecular formula is C18H20F2N2O3S. The predicted octanol–water partition coefficient (Wildman–Crippen LogP) is 3.13. The number of halogens is 2. The zero-order valence-corrected chi connectivity index (χ0v) is 15.1. The fraction of sp³-hybridized carbons (Fsp3) is 0.333. The standard InChI is InChI=1S/C18H20F2N2O3S/c1-25-17-8-9-22(11-17)16-5-3-15(4-6-16)21-26(23,24)12-13-10-14(19)2-7-18(13)20/h2-7,10,17,21H,8-9,11-12H2,1H3. The number of hydrogen-bond donors (Lipinski definition) is 1. The van der Waals surface area contributed by atoms with Gasteiger partial charge < -0.3 is 9.64 Å². The third-order valence-corrected chi connectivity index (χ3v) is 5.58. The van der Waals surface area contributed by atoms with Gasteiger partial charge in [-0.05, 0) is 48.9 Å². The summed E-state index contributed by atoms with van der Waals surface area (Å²) >= 11 is 0. The first-order valence-electron chi connectivity index (χ1n) is 8.18. The van der Waals surface area contributed by atoms with E-state index < -0.39 is 27.4 Å². The van der Waals surface area contributed by atoms with E-state index in [4.69, 9.17) is 4.74 Å². The quantitative estimate of drug-likeness (QED) is 0.834. The molecule has 0 aliphatic carbocycles. The van der Waals surface area contributed by atoms with Crippen molar-refractivity contribution in [2.45, 2.75) is 18.3 Å². The van der Waals surface area contributed by atoms with Crippen molar-refractivity contribution < 1.29 is 21.9 Å². The molecular weight excluding hydrogens is 362 g/mol. The largest absolute Gasteiger partial charge is 0.380 e. The van der Waals surface area contributed by atoms with Crippen LogP contribution in [-0.4, -0.2) is 34.7 Å². The highest BCUT2D eigenvalue weighted by atomic mass is 32.2. The van der Waals surface area contributed by atoms with E-state index in [2.05, 4.69) is 9.62 Å². The molecule has 26 heavy (non-hydrogen) atoms. The molecule has 2 aromatic rings. The van der Waals surface area contributed by atoms with Crippen LogP contribution in [0.15, 0.2) is 42.5 Å². The maximum absolute atomic E-state index is 13.7. The topological polar surface area (TPSA) is 58.6 Å². The van der Waals surface area contributed by atoms with Crippen LogP contribution in [0.3, 0.4) is 0 Å². The molecule has 1 aliphatic rings. The normalized spacial score (nSPS) is 17.5. The average molecular weight is 382 g/mol. The van der Waals surface area contributed by atoms with Crippen molar-refractivity contribution in [3.63, 3.8) is 0 Å². The molecule has 0 radical (unpaired) electrons. The highest BCUT2D eigenvalue weighted by Gasteiger charge is 2.22. The van der Waals surface area contributed by atoms with Gasteiger partial charge >= 0.3 is 0 Å². The van der Waals surface area contributed by atoms with E-state index in [1.54, 1.807) is 19.2 Å². The number of anilines is 2. The van der Waals surface area contributed by atoms with E-state index >= 15 is 0 Å². The third-order valence-electron chi connectivity index (χ3n) is 4.34. The van der Waals surface area contributed by atoms with Gasteiger partial charge in [0.1, 0.15) is 11.6 Å². The van der Waals surface area contributed by atoms with E-state index in [0.29, 0.717) is 5.69 Å². The third kappa shape index (κ3) is 4.50. The van der Waals surface area contributed by atoms with E-state index in [1.165, 1.54) is 0 Å². The lowest BCUT2D eigenvalue weighted by Crippen LogP contribution is -2.22. The Balaban J connectivity index is 1.67. The summed E-state index contributed by atoms with van der Waals surface area (Å²) in [5.41, 5.74) is 1.13. The van der Waals surface area contributed by atoms with Crippen LogP contribution in [0.1, 0.15) is 12.0 Å². The molecule has 0 bridgehead atoms. The van der Waals surface area contributed by atoms with Gasteiger partial charge in [0.15, 0.2) is 0 Å². The van der Waals surface area contributed by atoms with Crippen LogP contribution in [-0.2, 0) is 20.5 Å². The Morgan fingerprint density at radius 3 is 2.58 bits per heavy atom. The van der Waals surface area contributed by atoms with Gasteiger partial charge in [-0.25, -0.2) is 17.2 Å². The minimum atomic E-state index is -3.86. The average Bonchev–Trinajstić information content (AvgIpc) is 3.07. The zero-order chi connectivity index (χ0) is 18.7. The first-order chi connectivity index (χ1) is 12.4. The number of nitrogens with zero attached hydrogens (tertiary/aromatic N) is 1. The lowest BCUT2D eigenvalue weighted by atomic mass is 10.2. The Labute approximate surface area is 151 Å². The van der Waals surface area contributed by atoms with Crippen LogP contribution in [0.5, 0.6) is 0 Å². The Morgan fingerprint density at radius 1 is 1.19 bits per heavy atom. The van der Waals surface area contributed by atoms with E-state index in [0.717, 1.165) is 43.4 Å². The summed E-state index contributed by atoms with van der Waals surface area (Å²) in [6.07, 6.45) is 1.15. The van der Waals surface area contributed by atoms with Gasteiger partial charge in [0.05, 0.1) is 11.9 Å². The number of hydrogen-bond acceptors (Lipinski definition) is 4. The molecule has 1 fully saturated rings. The highest BCUT2D eigenvalue weighted by Crippen LogP contribution is 2.24. The van der Waals surface area contributed by atoms with Crippen LogP contribution >= 0.6 is 0 Å². The lowest BCUT2D eigenvalue weighted by Gasteiger charge is -2.19. The van der Waals surface area contributed by atoms with Crippen molar-refractivity contribution in [1.29, 1.82) is 0 Å². The number of rotatable bonds is 6. The summed E-state index contributed by atoms with van der Waals surface area (Å²) in [4.78, 5) is 2.16. The molecule has 1 aliphatic heterocycles. The molecule has 3 rings (SSSR count). The minimum absolute atomic E-state index is 0.203. The first kappa shape index (κ1) is 18.6. The number of nitrogens with one attached hydrogen (secondary N) is 1. The van der Waals surface area contributed by atoms with Crippen LogP contribution < -0.4 is 9.62 Å². The second-order valence-electron chi connectivity index (χ2n) is 6.24. The fourth-order valence-electron chi connectivity index (χ4n) is 2.97. The smallest absolute Gasteiger partial charge is 0.237 e. The van der Waals surface area contributed by atoms with Gasteiger partial charge in [0.25, 0.3) is 0 Å². The van der Waals surface area contributed by atoms with Crippen molar-refractivity contribution in [1.82, 2.24) is 0 Å². The summed E-state index contributed by atoms with van der Waals surface area (Å²) in [7, 11) is -2.17. The minimum Gasteiger partial charge on any atom is -0.380 e. The molecule has 1 atom stereocenters. The molecule has 140 valence electrons. The molecule has 0 saturated carbocycles. The highest BCUT2D eigenvalue weighted by molar-refractivity contribution is 7.91. The summed E-state index contributed by atoms with van der Waals surface area (Å²) in [6.45, 7) is 1.67. The van der Waals surface area contributed by atoms with Crippen LogP contribution in [0, 0.1) is 11.6 Å². The molecule has 0 aromatic heterocycles. The molecule has 8 heteroatoms. The van der Waals surface area contributed by atoms with Crippen LogP contribution in [0.25, 0.3) is 0 Å². The molecule has 5 nitrogen and oxygen atoms in total. The molecule has 1 heterocycles. The van der Waals surface area contributed by atoms with E-state index in [9.17, 15) is 17.2 Å². The molecule has 1 saturated heterocycles. The second-order valence-corrected chi connectivity index (χ2v) is 7.96. The number of sulfonamides is 1. The predicted molar refractivity (Wildman–Crippen MR) is 96.7 cm³/mol. The van der Waals surface area contributed by atoms with Crippen LogP contribution in [0.2, 0.25) is 0 Å². The number of benzene rings is 2. The first-order valence-corrected chi connectivity index (χ1v) is 9.84. The van der Waals surface area contributed by atoms with Crippen LogP contribution in [0.4, 0.5) is 20.2 Å². The van der Waals surface area contributed by atoms with Gasteiger partial charge in [-0.2, -0.15) is 0 Å². The van der Waals surface area contributed by atoms with Gasteiger partial charge in [-0.3, -0.25) is 4.72 Å². The van der Waals surface area contributed by atoms with Crippen molar-refractivity contribution in [3.8, 4) is 0 Å². The van der Waals surface area contributed by atoms with Gasteiger partial charge in [0.2, 0.25) is 10.0 Å². The lowest BCUT2D eigenvalue weighted by molar-refractivity contribution is 0.121. The fourth-order valence-corrected chi connectivity index (χ4v) is 4.17. The SMILES string of the molecule is COC1CCN(c2ccc(NS(=O)(=O)Cc3cc(F)ccc3F)cc2)C1. The Morgan fingerprint density at radius 2 is 1.92 bits per heavy atom. The maximum atomic E-state index is 13.7. The number of methoxy groups -OCH3 is 1.